The maximum atomic E-state index is 12.8. The van der Waals surface area contributed by atoms with E-state index in [0.717, 1.165) is 24.0 Å². The van der Waals surface area contributed by atoms with Crippen molar-refractivity contribution in [3.8, 4) is 5.75 Å². The molecule has 0 radical (unpaired) electrons. The Kier molecular flexibility index (Phi) is 5.82. The summed E-state index contributed by atoms with van der Waals surface area (Å²) < 4.78 is 10.8. The van der Waals surface area contributed by atoms with E-state index in [4.69, 9.17) is 9.47 Å². The smallest absolute Gasteiger partial charge is 0.256 e. The Morgan fingerprint density at radius 2 is 1.89 bits per heavy atom. The van der Waals surface area contributed by atoms with Crippen molar-refractivity contribution in [3.63, 3.8) is 0 Å². The number of amides is 1. The highest BCUT2D eigenvalue weighted by atomic mass is 16.7. The lowest BCUT2D eigenvalue weighted by molar-refractivity contribution is -0.0783. The third kappa shape index (κ3) is 3.70. The van der Waals surface area contributed by atoms with Crippen molar-refractivity contribution in [2.45, 2.75) is 38.3 Å². The van der Waals surface area contributed by atoms with Crippen molar-refractivity contribution < 1.29 is 19.4 Å². The van der Waals surface area contributed by atoms with E-state index in [9.17, 15) is 9.90 Å². The van der Waals surface area contributed by atoms with Gasteiger partial charge in [-0.15, -0.1) is 0 Å². The SMILES string of the molecule is CCCc1cc2c(cc1OCOC)C(O)(CCc1ccccc1)N(C)C2=O. The van der Waals surface area contributed by atoms with E-state index >= 15 is 0 Å². The van der Waals surface area contributed by atoms with Crippen LogP contribution in [0.2, 0.25) is 0 Å². The van der Waals surface area contributed by atoms with Crippen molar-refractivity contribution >= 4 is 5.91 Å². The fourth-order valence-corrected chi connectivity index (χ4v) is 3.65. The molecule has 2 aromatic rings. The van der Waals surface area contributed by atoms with Crippen LogP contribution in [0.3, 0.4) is 0 Å². The highest BCUT2D eigenvalue weighted by Gasteiger charge is 2.46. The number of carbonyl (C=O) groups excluding carboxylic acids is 1. The zero-order chi connectivity index (χ0) is 19.4. The fourth-order valence-electron chi connectivity index (χ4n) is 3.65. The summed E-state index contributed by atoms with van der Waals surface area (Å²) >= 11 is 0. The zero-order valence-corrected chi connectivity index (χ0v) is 16.2. The summed E-state index contributed by atoms with van der Waals surface area (Å²) in [5.74, 6) is 0.509. The summed E-state index contributed by atoms with van der Waals surface area (Å²) in [6, 6.07) is 13.6. The van der Waals surface area contributed by atoms with Crippen LogP contribution in [0.15, 0.2) is 42.5 Å². The monoisotopic (exact) mass is 369 g/mol. The van der Waals surface area contributed by atoms with Gasteiger partial charge in [0, 0.05) is 31.7 Å². The zero-order valence-electron chi connectivity index (χ0n) is 16.2. The van der Waals surface area contributed by atoms with Crippen LogP contribution in [0.25, 0.3) is 0 Å². The lowest BCUT2D eigenvalue weighted by Gasteiger charge is -2.31. The lowest BCUT2D eigenvalue weighted by atomic mass is 9.92. The van der Waals surface area contributed by atoms with Crippen molar-refractivity contribution in [2.24, 2.45) is 0 Å². The molecule has 2 aromatic carbocycles. The predicted octanol–water partition coefficient (Wildman–Crippen LogP) is 3.49. The van der Waals surface area contributed by atoms with Gasteiger partial charge in [-0.1, -0.05) is 43.7 Å². The second-order valence-corrected chi connectivity index (χ2v) is 6.97. The van der Waals surface area contributed by atoms with E-state index in [2.05, 4.69) is 6.92 Å². The number of nitrogens with zero attached hydrogens (tertiary/aromatic N) is 1. The number of fused-ring (bicyclic) bond motifs is 1. The minimum Gasteiger partial charge on any atom is -0.467 e. The van der Waals surface area contributed by atoms with Gasteiger partial charge in [0.15, 0.2) is 12.5 Å². The van der Waals surface area contributed by atoms with Crippen molar-refractivity contribution in [1.82, 2.24) is 4.90 Å². The Bertz CT molecular complexity index is 805. The van der Waals surface area contributed by atoms with Crippen LogP contribution in [-0.4, -0.2) is 36.9 Å². The average Bonchev–Trinajstić information content (AvgIpc) is 2.87. The molecule has 0 aliphatic carbocycles. The molecule has 1 aliphatic rings. The minimum atomic E-state index is -1.35. The van der Waals surface area contributed by atoms with Gasteiger partial charge in [-0.3, -0.25) is 4.79 Å². The summed E-state index contributed by atoms with van der Waals surface area (Å²) in [5, 5.41) is 11.4. The van der Waals surface area contributed by atoms with Gasteiger partial charge in [0.25, 0.3) is 5.91 Å². The van der Waals surface area contributed by atoms with Gasteiger partial charge < -0.3 is 19.5 Å². The van der Waals surface area contributed by atoms with E-state index in [1.165, 1.54) is 4.90 Å². The van der Waals surface area contributed by atoms with Gasteiger partial charge in [0.05, 0.1) is 0 Å². The topological polar surface area (TPSA) is 59.0 Å². The first-order valence-corrected chi connectivity index (χ1v) is 9.35. The molecule has 0 bridgehead atoms. The van der Waals surface area contributed by atoms with Gasteiger partial charge in [0.2, 0.25) is 0 Å². The number of aliphatic hydroxyl groups is 1. The molecular formula is C22H27NO4. The van der Waals surface area contributed by atoms with Crippen LogP contribution < -0.4 is 4.74 Å². The Labute approximate surface area is 160 Å². The molecule has 0 aromatic heterocycles. The maximum absolute atomic E-state index is 12.8. The number of aryl methyl sites for hydroxylation is 2. The fraction of sp³-hybridized carbons (Fsp3) is 0.409. The van der Waals surface area contributed by atoms with Gasteiger partial charge >= 0.3 is 0 Å². The molecule has 0 saturated carbocycles. The molecule has 3 rings (SSSR count). The highest BCUT2D eigenvalue weighted by molar-refractivity contribution is 6.00. The number of hydrogen-bond donors (Lipinski definition) is 1. The third-order valence-corrected chi connectivity index (χ3v) is 5.18. The van der Waals surface area contributed by atoms with Crippen LogP contribution in [0.4, 0.5) is 0 Å². The van der Waals surface area contributed by atoms with Crippen LogP contribution in [-0.2, 0) is 23.3 Å². The number of ether oxygens (including phenoxy) is 2. The molecule has 1 N–H and O–H groups in total. The maximum Gasteiger partial charge on any atom is 0.256 e. The Morgan fingerprint density at radius 1 is 1.15 bits per heavy atom. The van der Waals surface area contributed by atoms with Crippen molar-refractivity contribution in [1.29, 1.82) is 0 Å². The number of hydrogen-bond acceptors (Lipinski definition) is 4. The molecule has 1 heterocycles. The molecule has 1 amide bonds. The van der Waals surface area contributed by atoms with E-state index in [0.29, 0.717) is 29.7 Å². The normalized spacial score (nSPS) is 18.7. The number of benzene rings is 2. The predicted molar refractivity (Wildman–Crippen MR) is 104 cm³/mol. The minimum absolute atomic E-state index is 0.127. The molecule has 27 heavy (non-hydrogen) atoms. The Balaban J connectivity index is 1.97. The molecule has 1 atom stereocenters. The van der Waals surface area contributed by atoms with E-state index in [1.54, 1.807) is 14.2 Å². The van der Waals surface area contributed by atoms with Crippen LogP contribution >= 0.6 is 0 Å². The molecule has 5 nitrogen and oxygen atoms in total. The van der Waals surface area contributed by atoms with Gasteiger partial charge in [-0.25, -0.2) is 0 Å². The second kappa shape index (κ2) is 8.11. The van der Waals surface area contributed by atoms with E-state index in [1.807, 2.05) is 42.5 Å². The van der Waals surface area contributed by atoms with Gasteiger partial charge in [0.1, 0.15) is 5.75 Å². The summed E-state index contributed by atoms with van der Waals surface area (Å²) in [6.45, 7) is 2.21. The largest absolute Gasteiger partial charge is 0.467 e. The Hall–Kier alpha value is -2.37. The number of methoxy groups -OCH3 is 1. The molecule has 5 heteroatoms. The Morgan fingerprint density at radius 3 is 2.56 bits per heavy atom. The number of carbonyl (C=O) groups is 1. The van der Waals surface area contributed by atoms with E-state index < -0.39 is 5.72 Å². The number of rotatable bonds is 8. The first kappa shape index (κ1) is 19.4. The molecule has 144 valence electrons. The quantitative estimate of drug-likeness (QED) is 0.724. The summed E-state index contributed by atoms with van der Waals surface area (Å²) in [7, 11) is 3.23. The first-order chi connectivity index (χ1) is 13.0. The lowest BCUT2D eigenvalue weighted by Crippen LogP contribution is -2.41. The molecule has 0 fully saturated rings. The summed E-state index contributed by atoms with van der Waals surface area (Å²) in [6.07, 6.45) is 2.82. The average molecular weight is 369 g/mol. The summed E-state index contributed by atoms with van der Waals surface area (Å²) in [5.41, 5.74) is 1.90. The summed E-state index contributed by atoms with van der Waals surface area (Å²) in [4.78, 5) is 14.2. The van der Waals surface area contributed by atoms with Crippen LogP contribution in [0.5, 0.6) is 5.75 Å². The highest BCUT2D eigenvalue weighted by Crippen LogP contribution is 2.42. The molecule has 1 unspecified atom stereocenters. The van der Waals surface area contributed by atoms with Crippen LogP contribution in [0.1, 0.15) is 46.8 Å². The second-order valence-electron chi connectivity index (χ2n) is 6.97. The third-order valence-electron chi connectivity index (χ3n) is 5.18. The van der Waals surface area contributed by atoms with Gasteiger partial charge in [-0.05, 0) is 36.1 Å². The van der Waals surface area contributed by atoms with Crippen molar-refractivity contribution in [2.75, 3.05) is 21.0 Å². The standard InChI is InChI=1S/C22H27NO4/c1-4-8-17-13-18-19(14-20(17)27-15-26-3)22(25,23(2)21(18)24)12-11-16-9-6-5-7-10-16/h5-7,9-10,13-14,25H,4,8,11-12,15H2,1-3H3. The first-order valence-electron chi connectivity index (χ1n) is 9.35. The molecular weight excluding hydrogens is 342 g/mol. The molecule has 1 aliphatic heterocycles. The molecule has 0 spiro atoms. The van der Waals surface area contributed by atoms with Gasteiger partial charge in [-0.2, -0.15) is 0 Å². The van der Waals surface area contributed by atoms with Crippen LogP contribution in [0, 0.1) is 0 Å². The van der Waals surface area contributed by atoms with E-state index in [-0.39, 0.29) is 12.7 Å². The van der Waals surface area contributed by atoms with Crippen molar-refractivity contribution in [3.05, 3.63) is 64.7 Å². The molecule has 0 saturated heterocycles.